The topological polar surface area (TPSA) is 99.6 Å². The van der Waals surface area contributed by atoms with Crippen molar-refractivity contribution in [2.45, 2.75) is 48.1 Å². The summed E-state index contributed by atoms with van der Waals surface area (Å²) in [6, 6.07) is -0.634. The summed E-state index contributed by atoms with van der Waals surface area (Å²) < 4.78 is 10.2. The number of esters is 1. The molecule has 0 aromatic heterocycles. The van der Waals surface area contributed by atoms with Crippen LogP contribution >= 0.6 is 11.8 Å². The molecule has 0 aliphatic carbocycles. The highest BCUT2D eigenvalue weighted by molar-refractivity contribution is 8.02. The van der Waals surface area contributed by atoms with E-state index in [-0.39, 0.29) is 29.6 Å². The number of hydrogen-bond donors (Lipinski definition) is 1. The zero-order chi connectivity index (χ0) is 25.8. The fourth-order valence-corrected chi connectivity index (χ4v) is 8.43. The van der Waals surface area contributed by atoms with E-state index in [1.165, 1.54) is 0 Å². The Balaban J connectivity index is 1.42. The summed E-state index contributed by atoms with van der Waals surface area (Å²) in [5, 5.41) is 8.93. The van der Waals surface area contributed by atoms with Gasteiger partial charge in [0.2, 0.25) is 11.8 Å². The number of carbonyl (C=O) groups excluding carboxylic acids is 3. The lowest BCUT2D eigenvalue weighted by Crippen LogP contribution is -2.54. The lowest BCUT2D eigenvalue weighted by atomic mass is 9.78. The minimum Gasteiger partial charge on any atom is -0.465 e. The SMILES string of the molecule is O=C1OCCC=C[C@@H]2S[C@]34C=CCN(CCN5CCOCC5)C(=O)C3N(CCCCCCO)C(=O)[C@@H]4[C@H]12. The smallest absolute Gasteiger partial charge is 0.311 e. The maximum atomic E-state index is 14.2. The first-order chi connectivity index (χ1) is 18.1. The zero-order valence-corrected chi connectivity index (χ0v) is 22.3. The van der Waals surface area contributed by atoms with Crippen LogP contribution in [0.5, 0.6) is 0 Å². The number of cyclic esters (lactones) is 1. The van der Waals surface area contributed by atoms with Crippen molar-refractivity contribution in [3.05, 3.63) is 24.3 Å². The number of ether oxygens (including phenoxy) is 2. The van der Waals surface area contributed by atoms with Crippen molar-refractivity contribution in [2.24, 2.45) is 11.8 Å². The molecule has 1 N–H and O–H groups in total. The molecule has 0 bridgehead atoms. The van der Waals surface area contributed by atoms with E-state index in [1.807, 2.05) is 23.1 Å². The molecule has 5 rings (SSSR count). The summed E-state index contributed by atoms with van der Waals surface area (Å²) in [6.07, 6.45) is 12.1. The number of carbonyl (C=O) groups is 3. The molecular weight excluding hydrogens is 494 g/mol. The van der Waals surface area contributed by atoms with E-state index in [4.69, 9.17) is 14.6 Å². The van der Waals surface area contributed by atoms with Gasteiger partial charge in [-0.3, -0.25) is 19.3 Å². The zero-order valence-electron chi connectivity index (χ0n) is 21.5. The molecule has 5 heterocycles. The Labute approximate surface area is 223 Å². The minimum atomic E-state index is -0.782. The van der Waals surface area contributed by atoms with Crippen molar-refractivity contribution < 1.29 is 29.0 Å². The van der Waals surface area contributed by atoms with Crippen molar-refractivity contribution in [3.8, 4) is 0 Å². The molecular formula is C27H39N3O6S. The van der Waals surface area contributed by atoms with Gasteiger partial charge >= 0.3 is 5.97 Å². The van der Waals surface area contributed by atoms with Crippen LogP contribution in [0.3, 0.4) is 0 Å². The van der Waals surface area contributed by atoms with Crippen LogP contribution < -0.4 is 0 Å². The molecule has 5 atom stereocenters. The van der Waals surface area contributed by atoms with Gasteiger partial charge in [-0.25, -0.2) is 0 Å². The molecule has 0 aromatic carbocycles. The number of unbranched alkanes of at least 4 members (excludes halogenated alkanes) is 3. The Morgan fingerprint density at radius 2 is 1.78 bits per heavy atom. The van der Waals surface area contributed by atoms with Gasteiger partial charge in [-0.15, -0.1) is 11.8 Å². The summed E-state index contributed by atoms with van der Waals surface area (Å²) in [7, 11) is 0. The van der Waals surface area contributed by atoms with Crippen LogP contribution in [-0.4, -0.2) is 119 Å². The number of thioether (sulfide) groups is 1. The predicted octanol–water partition coefficient (Wildman–Crippen LogP) is 1.07. The van der Waals surface area contributed by atoms with Crippen LogP contribution in [0, 0.1) is 11.8 Å². The number of hydrogen-bond acceptors (Lipinski definition) is 8. The van der Waals surface area contributed by atoms with Crippen LogP contribution in [-0.2, 0) is 23.9 Å². The van der Waals surface area contributed by atoms with Crippen LogP contribution in [0.25, 0.3) is 0 Å². The summed E-state index contributed by atoms with van der Waals surface area (Å²) in [5.74, 6) is -1.66. The molecule has 9 nitrogen and oxygen atoms in total. The second kappa shape index (κ2) is 11.9. The molecule has 2 amide bonds. The quantitative estimate of drug-likeness (QED) is 0.267. The molecule has 0 saturated carbocycles. The molecule has 1 unspecified atom stereocenters. The molecule has 37 heavy (non-hydrogen) atoms. The Morgan fingerprint density at radius 3 is 2.59 bits per heavy atom. The Morgan fingerprint density at radius 1 is 0.973 bits per heavy atom. The second-order valence-corrected chi connectivity index (χ2v) is 12.0. The van der Waals surface area contributed by atoms with Crippen LogP contribution in [0.15, 0.2) is 24.3 Å². The molecule has 10 heteroatoms. The van der Waals surface area contributed by atoms with Crippen LogP contribution in [0.4, 0.5) is 0 Å². The van der Waals surface area contributed by atoms with E-state index in [9.17, 15) is 14.4 Å². The lowest BCUT2D eigenvalue weighted by molar-refractivity contribution is -0.153. The summed E-state index contributed by atoms with van der Waals surface area (Å²) in [4.78, 5) is 47.4. The number of morpholine rings is 1. The van der Waals surface area contributed by atoms with Gasteiger partial charge in [-0.1, -0.05) is 37.1 Å². The van der Waals surface area contributed by atoms with E-state index in [0.717, 1.165) is 45.3 Å². The highest BCUT2D eigenvalue weighted by atomic mass is 32.2. The molecule has 3 fully saturated rings. The molecule has 5 aliphatic rings. The second-order valence-electron chi connectivity index (χ2n) is 10.5. The van der Waals surface area contributed by atoms with Crippen LogP contribution in [0.2, 0.25) is 0 Å². The summed E-state index contributed by atoms with van der Waals surface area (Å²) >= 11 is 1.60. The number of rotatable bonds is 9. The first kappa shape index (κ1) is 26.7. The standard InChI is InChI=1S/C27H39N3O6S/c31-16-5-2-1-4-11-30-23-25(33)29(13-12-28-14-18-35-19-15-28)10-7-9-27(23)22(24(30)32)21-20(37-27)8-3-6-17-36-26(21)34/h3,7-9,20-23,31H,1-2,4-6,10-19H2/t20-,21+,22-,23?,27-/m0/s1. The molecule has 0 aromatic rings. The third-order valence-electron chi connectivity index (χ3n) is 8.30. The van der Waals surface area contributed by atoms with Gasteiger partial charge in [0.1, 0.15) is 6.04 Å². The largest absolute Gasteiger partial charge is 0.465 e. The van der Waals surface area contributed by atoms with E-state index in [0.29, 0.717) is 45.9 Å². The fraction of sp³-hybridized carbons (Fsp3) is 0.741. The molecule has 5 aliphatic heterocycles. The monoisotopic (exact) mass is 533 g/mol. The molecule has 3 saturated heterocycles. The van der Waals surface area contributed by atoms with Crippen molar-refractivity contribution >= 4 is 29.5 Å². The number of fused-ring (bicyclic) bond motifs is 2. The average Bonchev–Trinajstić information content (AvgIpc) is 3.27. The Kier molecular flexibility index (Phi) is 8.58. The third-order valence-corrected chi connectivity index (χ3v) is 10.0. The van der Waals surface area contributed by atoms with Gasteiger partial charge in [-0.05, 0) is 19.3 Å². The number of nitrogens with zero attached hydrogens (tertiary/aromatic N) is 3. The number of aliphatic hydroxyl groups excluding tert-OH is 1. The maximum absolute atomic E-state index is 14.2. The van der Waals surface area contributed by atoms with Gasteiger partial charge in [-0.2, -0.15) is 0 Å². The Bertz CT molecular complexity index is 922. The fourth-order valence-electron chi connectivity index (χ4n) is 6.43. The highest BCUT2D eigenvalue weighted by Crippen LogP contribution is 2.60. The average molecular weight is 534 g/mol. The minimum absolute atomic E-state index is 0.0245. The van der Waals surface area contributed by atoms with E-state index in [2.05, 4.69) is 11.0 Å². The first-order valence-electron chi connectivity index (χ1n) is 13.8. The third kappa shape index (κ3) is 5.22. The Hall–Kier alpha value is -1.88. The van der Waals surface area contributed by atoms with Gasteiger partial charge in [0, 0.05) is 51.1 Å². The van der Waals surface area contributed by atoms with Crippen molar-refractivity contribution in [1.82, 2.24) is 14.7 Å². The van der Waals surface area contributed by atoms with Crippen molar-refractivity contribution in [1.29, 1.82) is 0 Å². The summed E-state index contributed by atoms with van der Waals surface area (Å²) in [6.45, 7) is 5.97. The summed E-state index contributed by atoms with van der Waals surface area (Å²) in [5.41, 5.74) is 0. The van der Waals surface area contributed by atoms with E-state index >= 15 is 0 Å². The molecule has 204 valence electrons. The van der Waals surface area contributed by atoms with Gasteiger partial charge in [0.15, 0.2) is 0 Å². The van der Waals surface area contributed by atoms with Crippen molar-refractivity contribution in [2.75, 3.05) is 65.7 Å². The first-order valence-corrected chi connectivity index (χ1v) is 14.6. The van der Waals surface area contributed by atoms with E-state index < -0.39 is 22.6 Å². The van der Waals surface area contributed by atoms with Gasteiger partial charge in [0.25, 0.3) is 0 Å². The molecule has 1 spiro atoms. The number of likely N-dealkylation sites (tertiary alicyclic amines) is 1. The van der Waals surface area contributed by atoms with Gasteiger partial charge < -0.3 is 24.4 Å². The maximum Gasteiger partial charge on any atom is 0.311 e. The molecule has 0 radical (unpaired) electrons. The van der Waals surface area contributed by atoms with Crippen molar-refractivity contribution in [3.63, 3.8) is 0 Å². The van der Waals surface area contributed by atoms with E-state index in [1.54, 1.807) is 16.7 Å². The predicted molar refractivity (Wildman–Crippen MR) is 140 cm³/mol. The lowest BCUT2D eigenvalue weighted by Gasteiger charge is -2.36. The number of aliphatic hydroxyl groups is 1. The van der Waals surface area contributed by atoms with Crippen LogP contribution in [0.1, 0.15) is 32.1 Å². The number of amides is 2. The normalized spacial score (nSPS) is 34.0. The van der Waals surface area contributed by atoms with Gasteiger partial charge in [0.05, 0.1) is 36.4 Å². The highest BCUT2D eigenvalue weighted by Gasteiger charge is 2.70.